The number of nitrogen functional groups attached to an aromatic ring is 1. The van der Waals surface area contributed by atoms with Crippen molar-refractivity contribution >= 4 is 15.5 Å². The second-order valence-electron chi connectivity index (χ2n) is 3.14. The van der Waals surface area contributed by atoms with Gasteiger partial charge >= 0.3 is 0 Å². The van der Waals surface area contributed by atoms with Crippen LogP contribution in [0.3, 0.4) is 0 Å². The fourth-order valence-electron chi connectivity index (χ4n) is 1.24. The first kappa shape index (κ1) is 11.5. The molecular weight excluding hydrogens is 212 g/mol. The molecule has 4 nitrogen and oxygen atoms in total. The molecule has 80 valence electrons. The molecule has 0 spiro atoms. The lowest BCUT2D eigenvalue weighted by molar-refractivity contribution is 0.587. The maximum Gasteiger partial charge on any atom is 0.194 e. The topological polar surface area (TPSA) is 84.0 Å². The molecule has 5 heteroatoms. The van der Waals surface area contributed by atoms with Crippen molar-refractivity contribution in [3.63, 3.8) is 0 Å². The van der Waals surface area contributed by atoms with Crippen LogP contribution in [0.15, 0.2) is 29.2 Å². The van der Waals surface area contributed by atoms with Crippen molar-refractivity contribution in [3.8, 4) is 6.07 Å². The lowest BCUT2D eigenvalue weighted by Gasteiger charge is -2.08. The Balaban J connectivity index is 3.24. The molecular formula is C10H12N2O2S. The number of sulfone groups is 1. The molecule has 0 amide bonds. The lowest BCUT2D eigenvalue weighted by atomic mass is 10.3. The minimum absolute atomic E-state index is 0.107. The Morgan fingerprint density at radius 2 is 2.20 bits per heavy atom. The quantitative estimate of drug-likeness (QED) is 0.785. The van der Waals surface area contributed by atoms with Crippen LogP contribution >= 0.6 is 0 Å². The van der Waals surface area contributed by atoms with E-state index >= 15 is 0 Å². The zero-order valence-corrected chi connectivity index (χ0v) is 9.16. The second-order valence-corrected chi connectivity index (χ2v) is 5.27. The summed E-state index contributed by atoms with van der Waals surface area (Å²) in [6.07, 6.45) is 0.271. The fraction of sp³-hybridized carbons (Fsp3) is 0.300. The smallest absolute Gasteiger partial charge is 0.194 e. The Bertz CT molecular complexity index is 488. The molecule has 0 aliphatic rings. The van der Waals surface area contributed by atoms with Gasteiger partial charge in [-0.1, -0.05) is 13.0 Å². The summed E-state index contributed by atoms with van der Waals surface area (Å²) in [7, 11) is -3.56. The molecule has 2 N–H and O–H groups in total. The SMILES string of the molecule is CCC(C#N)S(=O)(=O)c1cccc(N)c1. The van der Waals surface area contributed by atoms with Crippen molar-refractivity contribution in [2.45, 2.75) is 23.5 Å². The second kappa shape index (κ2) is 4.32. The standard InChI is InChI=1S/C10H12N2O2S/c1-2-9(7-11)15(13,14)10-5-3-4-8(12)6-10/h3-6,9H,2,12H2,1H3. The predicted octanol–water partition coefficient (Wildman–Crippen LogP) is 1.34. The van der Waals surface area contributed by atoms with Crippen LogP contribution in [0, 0.1) is 11.3 Å². The van der Waals surface area contributed by atoms with Gasteiger partial charge in [0.2, 0.25) is 0 Å². The van der Waals surface area contributed by atoms with E-state index in [2.05, 4.69) is 0 Å². The summed E-state index contributed by atoms with van der Waals surface area (Å²) in [4.78, 5) is 0.107. The van der Waals surface area contributed by atoms with Gasteiger partial charge < -0.3 is 5.73 Å². The molecule has 15 heavy (non-hydrogen) atoms. The normalized spacial score (nSPS) is 13.1. The highest BCUT2D eigenvalue weighted by Crippen LogP contribution is 2.19. The number of nitriles is 1. The van der Waals surface area contributed by atoms with Crippen LogP contribution in [0.5, 0.6) is 0 Å². The summed E-state index contributed by atoms with van der Waals surface area (Å²) in [5.41, 5.74) is 5.87. The van der Waals surface area contributed by atoms with Crippen LogP contribution in [-0.2, 0) is 9.84 Å². The third-order valence-electron chi connectivity index (χ3n) is 2.08. The third-order valence-corrected chi connectivity index (χ3v) is 4.17. The van der Waals surface area contributed by atoms with Crippen LogP contribution < -0.4 is 5.73 Å². The van der Waals surface area contributed by atoms with Crippen LogP contribution in [-0.4, -0.2) is 13.7 Å². The Morgan fingerprint density at radius 1 is 1.53 bits per heavy atom. The summed E-state index contributed by atoms with van der Waals surface area (Å²) >= 11 is 0. The van der Waals surface area contributed by atoms with Crippen molar-refractivity contribution < 1.29 is 8.42 Å². The van der Waals surface area contributed by atoms with Gasteiger partial charge in [-0.25, -0.2) is 8.42 Å². The van der Waals surface area contributed by atoms with Crippen LogP contribution in [0.25, 0.3) is 0 Å². The molecule has 0 bridgehead atoms. The van der Waals surface area contributed by atoms with Crippen molar-refractivity contribution in [2.75, 3.05) is 5.73 Å². The molecule has 0 aliphatic heterocycles. The van der Waals surface area contributed by atoms with E-state index in [1.165, 1.54) is 12.1 Å². The van der Waals surface area contributed by atoms with E-state index in [1.54, 1.807) is 25.1 Å². The summed E-state index contributed by atoms with van der Waals surface area (Å²) in [6, 6.07) is 7.77. The highest BCUT2D eigenvalue weighted by Gasteiger charge is 2.25. The van der Waals surface area contributed by atoms with Crippen molar-refractivity contribution in [3.05, 3.63) is 24.3 Å². The molecule has 0 saturated carbocycles. The maximum atomic E-state index is 11.9. The van der Waals surface area contributed by atoms with E-state index in [4.69, 9.17) is 11.0 Å². The molecule has 0 heterocycles. The molecule has 0 saturated heterocycles. The van der Waals surface area contributed by atoms with E-state index in [1.807, 2.05) is 0 Å². The molecule has 0 aliphatic carbocycles. The summed E-state index contributed by atoms with van der Waals surface area (Å²) in [5, 5.41) is 7.73. The van der Waals surface area contributed by atoms with Gasteiger partial charge in [-0.2, -0.15) is 5.26 Å². The number of nitrogens with zero attached hydrogens (tertiary/aromatic N) is 1. The Hall–Kier alpha value is -1.54. The van der Waals surface area contributed by atoms with E-state index in [0.717, 1.165) is 0 Å². The molecule has 1 aromatic carbocycles. The average molecular weight is 224 g/mol. The van der Waals surface area contributed by atoms with Gasteiger partial charge in [-0.3, -0.25) is 0 Å². The Morgan fingerprint density at radius 3 is 2.67 bits per heavy atom. The van der Waals surface area contributed by atoms with E-state index in [9.17, 15) is 8.42 Å². The van der Waals surface area contributed by atoms with Crippen molar-refractivity contribution in [2.24, 2.45) is 0 Å². The number of benzene rings is 1. The van der Waals surface area contributed by atoms with E-state index in [-0.39, 0.29) is 11.3 Å². The molecule has 1 aromatic rings. The molecule has 0 aromatic heterocycles. The van der Waals surface area contributed by atoms with Gasteiger partial charge in [0.1, 0.15) is 0 Å². The minimum Gasteiger partial charge on any atom is -0.399 e. The van der Waals surface area contributed by atoms with Crippen LogP contribution in [0.2, 0.25) is 0 Å². The number of hydrogen-bond acceptors (Lipinski definition) is 4. The molecule has 1 atom stereocenters. The summed E-state index contributed by atoms with van der Waals surface area (Å²) < 4.78 is 23.7. The van der Waals surface area contributed by atoms with Gasteiger partial charge in [-0.05, 0) is 24.6 Å². The van der Waals surface area contributed by atoms with E-state index in [0.29, 0.717) is 5.69 Å². The van der Waals surface area contributed by atoms with Crippen molar-refractivity contribution in [1.82, 2.24) is 0 Å². The monoisotopic (exact) mass is 224 g/mol. The van der Waals surface area contributed by atoms with Gasteiger partial charge in [-0.15, -0.1) is 0 Å². The van der Waals surface area contributed by atoms with Crippen molar-refractivity contribution in [1.29, 1.82) is 5.26 Å². The maximum absolute atomic E-state index is 11.9. The largest absolute Gasteiger partial charge is 0.399 e. The van der Waals surface area contributed by atoms with Gasteiger partial charge in [0.25, 0.3) is 0 Å². The highest BCUT2D eigenvalue weighted by atomic mass is 32.2. The Kier molecular flexibility index (Phi) is 3.32. The van der Waals surface area contributed by atoms with Gasteiger partial charge in [0, 0.05) is 5.69 Å². The highest BCUT2D eigenvalue weighted by molar-refractivity contribution is 7.92. The zero-order valence-electron chi connectivity index (χ0n) is 8.34. The summed E-state index contributed by atoms with van der Waals surface area (Å²) in [5.74, 6) is 0. The van der Waals surface area contributed by atoms with Crippen LogP contribution in [0.4, 0.5) is 5.69 Å². The Labute approximate surface area is 89.2 Å². The predicted molar refractivity (Wildman–Crippen MR) is 57.7 cm³/mol. The fourth-order valence-corrected chi connectivity index (χ4v) is 2.71. The zero-order chi connectivity index (χ0) is 11.5. The van der Waals surface area contributed by atoms with E-state index < -0.39 is 15.1 Å². The molecule has 1 unspecified atom stereocenters. The third kappa shape index (κ3) is 2.28. The first-order valence-corrected chi connectivity index (χ1v) is 6.06. The number of rotatable bonds is 3. The van der Waals surface area contributed by atoms with Gasteiger partial charge in [0.05, 0.1) is 11.0 Å². The van der Waals surface area contributed by atoms with Crippen LogP contribution in [0.1, 0.15) is 13.3 Å². The minimum atomic E-state index is -3.56. The average Bonchev–Trinajstić information content (AvgIpc) is 2.19. The molecule has 0 fully saturated rings. The molecule has 1 rings (SSSR count). The number of anilines is 1. The molecule has 0 radical (unpaired) electrons. The first-order valence-electron chi connectivity index (χ1n) is 4.51. The first-order chi connectivity index (χ1) is 7.02. The van der Waals surface area contributed by atoms with Gasteiger partial charge in [0.15, 0.2) is 15.1 Å². The number of hydrogen-bond donors (Lipinski definition) is 1. The summed E-state index contributed by atoms with van der Waals surface area (Å²) in [6.45, 7) is 1.66. The number of nitrogens with two attached hydrogens (primary N) is 1. The lowest BCUT2D eigenvalue weighted by Crippen LogP contribution is -2.18.